The molecule has 20 heavy (non-hydrogen) atoms. The maximum atomic E-state index is 13.7. The predicted octanol–water partition coefficient (Wildman–Crippen LogP) is 2.40. The highest BCUT2D eigenvalue weighted by Crippen LogP contribution is 2.16. The van der Waals surface area contributed by atoms with Crippen LogP contribution in [0.5, 0.6) is 0 Å². The van der Waals surface area contributed by atoms with Gasteiger partial charge in [-0.25, -0.2) is 17.5 Å². The lowest BCUT2D eigenvalue weighted by Gasteiger charge is -2.10. The van der Waals surface area contributed by atoms with Crippen molar-refractivity contribution in [2.24, 2.45) is 0 Å². The van der Waals surface area contributed by atoms with Gasteiger partial charge in [-0.2, -0.15) is 0 Å². The van der Waals surface area contributed by atoms with Crippen LogP contribution in [-0.4, -0.2) is 21.5 Å². The summed E-state index contributed by atoms with van der Waals surface area (Å²) >= 11 is 0. The van der Waals surface area contributed by atoms with E-state index in [1.165, 1.54) is 12.1 Å². The van der Waals surface area contributed by atoms with Gasteiger partial charge in [0.1, 0.15) is 10.7 Å². The molecule has 0 aliphatic rings. The summed E-state index contributed by atoms with van der Waals surface area (Å²) in [6, 6.07) is 4.20. The average Bonchev–Trinajstić information content (AvgIpc) is 2.41. The molecule has 1 aromatic carbocycles. The molecule has 0 aliphatic heterocycles. The lowest BCUT2D eigenvalue weighted by molar-refractivity contribution is 0.553. The van der Waals surface area contributed by atoms with E-state index >= 15 is 0 Å². The van der Waals surface area contributed by atoms with Gasteiger partial charge in [0, 0.05) is 13.1 Å². The summed E-state index contributed by atoms with van der Waals surface area (Å²) in [4.78, 5) is -0.274. The molecular weight excluding hydrogens is 279 g/mol. The Morgan fingerprint density at radius 3 is 2.55 bits per heavy atom. The van der Waals surface area contributed by atoms with Crippen molar-refractivity contribution >= 4 is 10.0 Å². The molecule has 0 aliphatic carbocycles. The maximum Gasteiger partial charge on any atom is 0.243 e. The lowest BCUT2D eigenvalue weighted by atomic mass is 10.2. The molecule has 0 bridgehead atoms. The van der Waals surface area contributed by atoms with E-state index < -0.39 is 15.8 Å². The third-order valence-corrected chi connectivity index (χ3v) is 4.34. The first kappa shape index (κ1) is 17.1. The van der Waals surface area contributed by atoms with E-state index in [2.05, 4.69) is 10.0 Å². The Morgan fingerprint density at radius 1 is 1.15 bits per heavy atom. The monoisotopic (exact) mass is 302 g/mol. The van der Waals surface area contributed by atoms with E-state index in [0.717, 1.165) is 31.4 Å². The van der Waals surface area contributed by atoms with E-state index in [0.29, 0.717) is 13.1 Å². The molecule has 114 valence electrons. The Labute approximate surface area is 120 Å². The van der Waals surface area contributed by atoms with Crippen LogP contribution in [0.4, 0.5) is 4.39 Å². The first-order valence-electron chi connectivity index (χ1n) is 7.00. The van der Waals surface area contributed by atoms with Gasteiger partial charge in [0.2, 0.25) is 10.0 Å². The number of hydrogen-bond donors (Lipinski definition) is 2. The highest BCUT2D eigenvalue weighted by atomic mass is 32.2. The molecule has 0 heterocycles. The van der Waals surface area contributed by atoms with Crippen molar-refractivity contribution in [3.63, 3.8) is 0 Å². The number of unbranched alkanes of at least 4 members (excludes halogenated alkanes) is 1. The minimum atomic E-state index is -3.77. The van der Waals surface area contributed by atoms with E-state index in [1.807, 2.05) is 13.8 Å². The highest BCUT2D eigenvalue weighted by molar-refractivity contribution is 7.89. The van der Waals surface area contributed by atoms with Crippen LogP contribution in [-0.2, 0) is 16.6 Å². The second-order valence-corrected chi connectivity index (χ2v) is 6.43. The molecule has 0 unspecified atom stereocenters. The van der Waals surface area contributed by atoms with Crippen LogP contribution in [0.1, 0.15) is 38.7 Å². The second kappa shape index (κ2) is 8.34. The van der Waals surface area contributed by atoms with Crippen LogP contribution in [0, 0.1) is 5.82 Å². The van der Waals surface area contributed by atoms with Crippen LogP contribution in [0.3, 0.4) is 0 Å². The summed E-state index contributed by atoms with van der Waals surface area (Å²) in [5, 5.41) is 3.16. The zero-order valence-electron chi connectivity index (χ0n) is 12.1. The van der Waals surface area contributed by atoms with Crippen molar-refractivity contribution in [2.45, 2.75) is 44.6 Å². The van der Waals surface area contributed by atoms with Crippen molar-refractivity contribution in [3.05, 3.63) is 29.6 Å². The lowest BCUT2D eigenvalue weighted by Crippen LogP contribution is -2.26. The third kappa shape index (κ3) is 5.19. The quantitative estimate of drug-likeness (QED) is 0.689. The Bertz CT molecular complexity index is 518. The van der Waals surface area contributed by atoms with Crippen molar-refractivity contribution in [3.8, 4) is 0 Å². The van der Waals surface area contributed by atoms with E-state index in [1.54, 1.807) is 6.07 Å². The largest absolute Gasteiger partial charge is 0.313 e. The molecule has 2 N–H and O–H groups in total. The van der Waals surface area contributed by atoms with Crippen LogP contribution < -0.4 is 10.0 Å². The first-order valence-corrected chi connectivity index (χ1v) is 8.48. The smallest absolute Gasteiger partial charge is 0.243 e. The Balaban J connectivity index is 2.84. The summed E-state index contributed by atoms with van der Waals surface area (Å²) in [5.74, 6) is -0.715. The fraction of sp³-hybridized carbons (Fsp3) is 0.571. The molecule has 0 radical (unpaired) electrons. The fourth-order valence-corrected chi connectivity index (χ4v) is 2.93. The normalized spacial score (nSPS) is 11.8. The van der Waals surface area contributed by atoms with Gasteiger partial charge in [-0.05, 0) is 37.1 Å². The minimum absolute atomic E-state index is 0.274. The van der Waals surface area contributed by atoms with Crippen LogP contribution in [0.15, 0.2) is 23.1 Å². The molecule has 0 atom stereocenters. The van der Waals surface area contributed by atoms with Crippen LogP contribution in [0.25, 0.3) is 0 Å². The van der Waals surface area contributed by atoms with Crippen LogP contribution in [0.2, 0.25) is 0 Å². The number of nitrogens with one attached hydrogen (secondary N) is 2. The Morgan fingerprint density at radius 2 is 1.90 bits per heavy atom. The molecule has 0 spiro atoms. The van der Waals surface area contributed by atoms with E-state index in [9.17, 15) is 12.8 Å². The Hall–Kier alpha value is -0.980. The van der Waals surface area contributed by atoms with Gasteiger partial charge in [0.05, 0.1) is 0 Å². The van der Waals surface area contributed by atoms with Gasteiger partial charge >= 0.3 is 0 Å². The average molecular weight is 302 g/mol. The van der Waals surface area contributed by atoms with Gasteiger partial charge in [-0.3, -0.25) is 0 Å². The molecule has 4 nitrogen and oxygen atoms in total. The minimum Gasteiger partial charge on any atom is -0.313 e. The van der Waals surface area contributed by atoms with Gasteiger partial charge in [0.25, 0.3) is 0 Å². The first-order chi connectivity index (χ1) is 9.51. The molecule has 0 fully saturated rings. The SMILES string of the molecule is CCCCNS(=O)(=O)c1cc(CNCCC)ccc1F. The van der Waals surface area contributed by atoms with Crippen molar-refractivity contribution < 1.29 is 12.8 Å². The summed E-state index contributed by atoms with van der Waals surface area (Å²) in [7, 11) is -3.77. The third-order valence-electron chi connectivity index (χ3n) is 2.86. The molecule has 0 amide bonds. The van der Waals surface area contributed by atoms with Crippen molar-refractivity contribution in [1.82, 2.24) is 10.0 Å². The molecule has 6 heteroatoms. The highest BCUT2D eigenvalue weighted by Gasteiger charge is 2.18. The summed E-state index contributed by atoms with van der Waals surface area (Å²) in [6.07, 6.45) is 2.61. The number of rotatable bonds is 9. The maximum absolute atomic E-state index is 13.7. The predicted molar refractivity (Wildman–Crippen MR) is 78.5 cm³/mol. The van der Waals surface area contributed by atoms with Gasteiger partial charge in [-0.15, -0.1) is 0 Å². The van der Waals surface area contributed by atoms with E-state index in [4.69, 9.17) is 0 Å². The number of benzene rings is 1. The van der Waals surface area contributed by atoms with Crippen molar-refractivity contribution in [1.29, 1.82) is 0 Å². The zero-order chi connectivity index (χ0) is 15.0. The molecule has 1 rings (SSSR count). The fourth-order valence-electron chi connectivity index (χ4n) is 1.73. The molecule has 1 aromatic rings. The van der Waals surface area contributed by atoms with Gasteiger partial charge < -0.3 is 5.32 Å². The van der Waals surface area contributed by atoms with Crippen molar-refractivity contribution in [2.75, 3.05) is 13.1 Å². The van der Waals surface area contributed by atoms with Gasteiger partial charge in [-0.1, -0.05) is 26.3 Å². The number of hydrogen-bond acceptors (Lipinski definition) is 3. The topological polar surface area (TPSA) is 58.2 Å². The summed E-state index contributed by atoms with van der Waals surface area (Å²) < 4.78 is 40.2. The molecule has 0 saturated carbocycles. The Kier molecular flexibility index (Phi) is 7.12. The van der Waals surface area contributed by atoms with Gasteiger partial charge in [0.15, 0.2) is 0 Å². The standard InChI is InChI=1S/C14H23FN2O2S/c1-3-5-9-17-20(18,19)14-10-12(6-7-13(14)15)11-16-8-4-2/h6-7,10,16-17H,3-5,8-9,11H2,1-2H3. The molecule has 0 saturated heterocycles. The zero-order valence-corrected chi connectivity index (χ0v) is 12.9. The molecular formula is C14H23FN2O2S. The molecule has 0 aromatic heterocycles. The summed E-state index contributed by atoms with van der Waals surface area (Å²) in [6.45, 7) is 5.72. The second-order valence-electron chi connectivity index (χ2n) is 4.69. The van der Waals surface area contributed by atoms with E-state index in [-0.39, 0.29) is 4.90 Å². The van der Waals surface area contributed by atoms with Crippen LogP contribution >= 0.6 is 0 Å². The summed E-state index contributed by atoms with van der Waals surface area (Å²) in [5.41, 5.74) is 0.760. The number of halogens is 1. The number of sulfonamides is 1.